The maximum Gasteiger partial charge on any atom is 0.341 e. The topological polar surface area (TPSA) is 72.6 Å². The monoisotopic (exact) mass is 247 g/mol. The SMILES string of the molecule is COCc1cccc(-c2noc(C)c2C(=O)O)c1. The summed E-state index contributed by atoms with van der Waals surface area (Å²) in [6.45, 7) is 2.05. The number of nitrogens with zero attached hydrogens (tertiary/aromatic N) is 1. The van der Waals surface area contributed by atoms with Crippen molar-refractivity contribution in [3.05, 3.63) is 41.2 Å². The molecule has 1 N–H and O–H groups in total. The van der Waals surface area contributed by atoms with Crippen LogP contribution < -0.4 is 0 Å². The minimum Gasteiger partial charge on any atom is -0.477 e. The van der Waals surface area contributed by atoms with Gasteiger partial charge in [-0.15, -0.1) is 0 Å². The van der Waals surface area contributed by atoms with Gasteiger partial charge in [0.25, 0.3) is 0 Å². The van der Waals surface area contributed by atoms with Crippen LogP contribution in [0.15, 0.2) is 28.8 Å². The van der Waals surface area contributed by atoms with E-state index in [1.165, 1.54) is 0 Å². The Morgan fingerprint density at radius 2 is 2.28 bits per heavy atom. The van der Waals surface area contributed by atoms with E-state index in [4.69, 9.17) is 14.4 Å². The molecule has 0 aliphatic heterocycles. The molecule has 0 saturated carbocycles. The lowest BCUT2D eigenvalue weighted by atomic mass is 10.0. The van der Waals surface area contributed by atoms with Gasteiger partial charge in [0.2, 0.25) is 0 Å². The molecule has 0 aliphatic carbocycles. The number of hydrogen-bond acceptors (Lipinski definition) is 4. The van der Waals surface area contributed by atoms with Gasteiger partial charge in [-0.2, -0.15) is 0 Å². The lowest BCUT2D eigenvalue weighted by molar-refractivity contribution is 0.0696. The number of aryl methyl sites for hydroxylation is 1. The van der Waals surface area contributed by atoms with Crippen LogP contribution in [-0.2, 0) is 11.3 Å². The molecule has 2 rings (SSSR count). The Morgan fingerprint density at radius 3 is 2.94 bits per heavy atom. The molecule has 0 radical (unpaired) electrons. The number of ether oxygens (including phenoxy) is 1. The second kappa shape index (κ2) is 5.01. The van der Waals surface area contributed by atoms with Crippen molar-refractivity contribution >= 4 is 5.97 Å². The molecular weight excluding hydrogens is 234 g/mol. The Balaban J connectivity index is 2.48. The first-order chi connectivity index (χ1) is 8.63. The Kier molecular flexibility index (Phi) is 3.43. The molecule has 0 unspecified atom stereocenters. The van der Waals surface area contributed by atoms with Crippen LogP contribution in [0.3, 0.4) is 0 Å². The number of hydrogen-bond donors (Lipinski definition) is 1. The zero-order chi connectivity index (χ0) is 13.1. The van der Waals surface area contributed by atoms with Crippen molar-refractivity contribution in [1.29, 1.82) is 0 Å². The van der Waals surface area contributed by atoms with Gasteiger partial charge in [-0.3, -0.25) is 0 Å². The van der Waals surface area contributed by atoms with E-state index in [-0.39, 0.29) is 5.56 Å². The molecule has 0 aliphatic rings. The summed E-state index contributed by atoms with van der Waals surface area (Å²) in [5, 5.41) is 13.0. The minimum atomic E-state index is -1.04. The standard InChI is InChI=1S/C13H13NO4/c1-8-11(13(15)16)12(14-18-8)10-5-3-4-9(6-10)7-17-2/h3-6H,7H2,1-2H3,(H,15,16). The summed E-state index contributed by atoms with van der Waals surface area (Å²) >= 11 is 0. The molecule has 2 aromatic rings. The molecule has 0 fully saturated rings. The quantitative estimate of drug-likeness (QED) is 0.898. The highest BCUT2D eigenvalue weighted by Crippen LogP contribution is 2.26. The molecule has 1 aromatic carbocycles. The number of rotatable bonds is 4. The molecule has 18 heavy (non-hydrogen) atoms. The summed E-state index contributed by atoms with van der Waals surface area (Å²) in [5.41, 5.74) is 2.10. The van der Waals surface area contributed by atoms with Crippen LogP contribution in [0.4, 0.5) is 0 Å². The highest BCUT2D eigenvalue weighted by Gasteiger charge is 2.20. The number of aromatic carboxylic acids is 1. The average molecular weight is 247 g/mol. The smallest absolute Gasteiger partial charge is 0.341 e. The van der Waals surface area contributed by atoms with Crippen LogP contribution >= 0.6 is 0 Å². The Morgan fingerprint density at radius 1 is 1.50 bits per heavy atom. The second-order valence-corrected chi connectivity index (χ2v) is 3.90. The Bertz CT molecular complexity index is 574. The molecule has 0 saturated heterocycles. The molecule has 0 atom stereocenters. The first kappa shape index (κ1) is 12.3. The van der Waals surface area contributed by atoms with E-state index >= 15 is 0 Å². The molecule has 1 heterocycles. The van der Waals surface area contributed by atoms with E-state index in [2.05, 4.69) is 5.16 Å². The van der Waals surface area contributed by atoms with Crippen LogP contribution in [0.1, 0.15) is 21.7 Å². The van der Waals surface area contributed by atoms with Crippen LogP contribution in [-0.4, -0.2) is 23.3 Å². The highest BCUT2D eigenvalue weighted by molar-refractivity contribution is 5.95. The summed E-state index contributed by atoms with van der Waals surface area (Å²) in [4.78, 5) is 11.2. The molecule has 0 bridgehead atoms. The number of carboxylic acid groups (broad SMARTS) is 1. The van der Waals surface area contributed by atoms with Crippen LogP contribution in [0.25, 0.3) is 11.3 Å². The number of benzene rings is 1. The fourth-order valence-corrected chi connectivity index (χ4v) is 1.80. The average Bonchev–Trinajstić information content (AvgIpc) is 2.72. The maximum absolute atomic E-state index is 11.2. The summed E-state index contributed by atoms with van der Waals surface area (Å²) in [7, 11) is 1.61. The van der Waals surface area contributed by atoms with Crippen LogP contribution in [0, 0.1) is 6.92 Å². The molecular formula is C13H13NO4. The van der Waals surface area contributed by atoms with Crippen molar-refractivity contribution in [1.82, 2.24) is 5.16 Å². The fourth-order valence-electron chi connectivity index (χ4n) is 1.80. The normalized spacial score (nSPS) is 10.6. The zero-order valence-electron chi connectivity index (χ0n) is 10.1. The number of carboxylic acids is 1. The predicted molar refractivity (Wildman–Crippen MR) is 64.3 cm³/mol. The van der Waals surface area contributed by atoms with E-state index in [0.29, 0.717) is 23.6 Å². The third-order valence-electron chi connectivity index (χ3n) is 2.59. The summed E-state index contributed by atoms with van der Waals surface area (Å²) in [6.07, 6.45) is 0. The van der Waals surface area contributed by atoms with Crippen molar-refractivity contribution in [2.75, 3.05) is 7.11 Å². The van der Waals surface area contributed by atoms with Crippen LogP contribution in [0.2, 0.25) is 0 Å². The molecule has 5 nitrogen and oxygen atoms in total. The van der Waals surface area contributed by atoms with Gasteiger partial charge in [-0.05, 0) is 18.6 Å². The predicted octanol–water partition coefficient (Wildman–Crippen LogP) is 2.49. The van der Waals surface area contributed by atoms with E-state index < -0.39 is 5.97 Å². The van der Waals surface area contributed by atoms with Gasteiger partial charge >= 0.3 is 5.97 Å². The lowest BCUT2D eigenvalue weighted by Crippen LogP contribution is -1.99. The first-order valence-electron chi connectivity index (χ1n) is 5.41. The Labute approximate surface area is 104 Å². The van der Waals surface area contributed by atoms with E-state index in [1.54, 1.807) is 20.1 Å². The van der Waals surface area contributed by atoms with Crippen LogP contribution in [0.5, 0.6) is 0 Å². The van der Waals surface area contributed by atoms with E-state index in [0.717, 1.165) is 5.56 Å². The van der Waals surface area contributed by atoms with Crippen molar-refractivity contribution in [2.45, 2.75) is 13.5 Å². The van der Waals surface area contributed by atoms with Crippen molar-refractivity contribution < 1.29 is 19.2 Å². The largest absolute Gasteiger partial charge is 0.477 e. The van der Waals surface area contributed by atoms with E-state index in [1.807, 2.05) is 18.2 Å². The van der Waals surface area contributed by atoms with Gasteiger partial charge in [0.15, 0.2) is 0 Å². The highest BCUT2D eigenvalue weighted by atomic mass is 16.5. The van der Waals surface area contributed by atoms with Gasteiger partial charge in [0, 0.05) is 12.7 Å². The van der Waals surface area contributed by atoms with Crippen molar-refractivity contribution in [3.63, 3.8) is 0 Å². The lowest BCUT2D eigenvalue weighted by Gasteiger charge is -2.02. The third kappa shape index (κ3) is 2.26. The Hall–Kier alpha value is -2.14. The summed E-state index contributed by atoms with van der Waals surface area (Å²) in [5.74, 6) is -0.740. The van der Waals surface area contributed by atoms with Gasteiger partial charge in [0.05, 0.1) is 6.61 Å². The van der Waals surface area contributed by atoms with E-state index in [9.17, 15) is 4.79 Å². The molecule has 5 heteroatoms. The van der Waals surface area contributed by atoms with Crippen molar-refractivity contribution in [2.24, 2.45) is 0 Å². The number of methoxy groups -OCH3 is 1. The third-order valence-corrected chi connectivity index (χ3v) is 2.59. The molecule has 0 amide bonds. The van der Waals surface area contributed by atoms with Gasteiger partial charge < -0.3 is 14.4 Å². The minimum absolute atomic E-state index is 0.101. The zero-order valence-corrected chi connectivity index (χ0v) is 10.1. The fraction of sp³-hybridized carbons (Fsp3) is 0.231. The molecule has 0 spiro atoms. The van der Waals surface area contributed by atoms with Crippen molar-refractivity contribution in [3.8, 4) is 11.3 Å². The second-order valence-electron chi connectivity index (χ2n) is 3.90. The summed E-state index contributed by atoms with van der Waals surface area (Å²) in [6, 6.07) is 7.37. The molecule has 1 aromatic heterocycles. The maximum atomic E-state index is 11.2. The first-order valence-corrected chi connectivity index (χ1v) is 5.41. The van der Waals surface area contributed by atoms with Gasteiger partial charge in [-0.1, -0.05) is 23.4 Å². The van der Waals surface area contributed by atoms with Gasteiger partial charge in [-0.25, -0.2) is 4.79 Å². The number of carbonyl (C=O) groups is 1. The molecule has 94 valence electrons. The summed E-state index contributed by atoms with van der Waals surface area (Å²) < 4.78 is 9.99. The van der Waals surface area contributed by atoms with Gasteiger partial charge in [0.1, 0.15) is 17.0 Å². The number of aromatic nitrogens is 1.